The number of carbonyl (C=O) groups excluding carboxylic acids is 1. The zero-order chi connectivity index (χ0) is 11.4. The van der Waals surface area contributed by atoms with Crippen molar-refractivity contribution in [1.82, 2.24) is 9.80 Å². The molecule has 15 heavy (non-hydrogen) atoms. The fourth-order valence-corrected chi connectivity index (χ4v) is 2.02. The van der Waals surface area contributed by atoms with Crippen LogP contribution in [0.1, 0.15) is 33.6 Å². The molecule has 0 N–H and O–H groups in total. The van der Waals surface area contributed by atoms with Crippen molar-refractivity contribution in [1.29, 1.82) is 0 Å². The van der Waals surface area contributed by atoms with Gasteiger partial charge in [-0.3, -0.25) is 9.69 Å². The van der Waals surface area contributed by atoms with Gasteiger partial charge in [-0.05, 0) is 39.2 Å². The summed E-state index contributed by atoms with van der Waals surface area (Å²) in [5.41, 5.74) is 0. The van der Waals surface area contributed by atoms with Crippen molar-refractivity contribution in [2.75, 3.05) is 26.7 Å². The van der Waals surface area contributed by atoms with Gasteiger partial charge in [0.25, 0.3) is 0 Å². The van der Waals surface area contributed by atoms with Crippen LogP contribution >= 0.6 is 0 Å². The van der Waals surface area contributed by atoms with Crippen molar-refractivity contribution < 1.29 is 4.79 Å². The Labute approximate surface area is 93.4 Å². The number of piperidine rings is 1. The van der Waals surface area contributed by atoms with Crippen LogP contribution in [0.4, 0.5) is 0 Å². The number of carbonyl (C=O) groups is 1. The van der Waals surface area contributed by atoms with E-state index in [0.717, 1.165) is 19.0 Å². The maximum atomic E-state index is 11.8. The molecule has 0 aromatic rings. The Morgan fingerprint density at radius 1 is 1.53 bits per heavy atom. The number of amides is 1. The number of likely N-dealkylation sites (N-methyl/N-ethyl adjacent to an activating group) is 1. The van der Waals surface area contributed by atoms with Crippen molar-refractivity contribution in [3.05, 3.63) is 0 Å². The summed E-state index contributed by atoms with van der Waals surface area (Å²) in [6.45, 7) is 9.13. The van der Waals surface area contributed by atoms with Gasteiger partial charge in [0, 0.05) is 19.6 Å². The fourth-order valence-electron chi connectivity index (χ4n) is 2.02. The first-order valence-corrected chi connectivity index (χ1v) is 5.98. The van der Waals surface area contributed by atoms with Crippen LogP contribution < -0.4 is 0 Å². The van der Waals surface area contributed by atoms with E-state index in [1.165, 1.54) is 12.8 Å². The number of hydrogen-bond donors (Lipinski definition) is 0. The van der Waals surface area contributed by atoms with Crippen LogP contribution in [0.2, 0.25) is 0 Å². The van der Waals surface area contributed by atoms with E-state index in [-0.39, 0.29) is 5.91 Å². The summed E-state index contributed by atoms with van der Waals surface area (Å²) in [6.07, 6.45) is 2.55. The van der Waals surface area contributed by atoms with E-state index in [2.05, 4.69) is 25.7 Å². The molecule has 0 aromatic carbocycles. The van der Waals surface area contributed by atoms with Crippen LogP contribution in [0.15, 0.2) is 0 Å². The van der Waals surface area contributed by atoms with Gasteiger partial charge >= 0.3 is 0 Å². The number of rotatable bonds is 3. The van der Waals surface area contributed by atoms with Crippen molar-refractivity contribution >= 4 is 5.91 Å². The molecular weight excluding hydrogens is 188 g/mol. The van der Waals surface area contributed by atoms with E-state index >= 15 is 0 Å². The van der Waals surface area contributed by atoms with Gasteiger partial charge in [0.2, 0.25) is 5.91 Å². The Balaban J connectivity index is 2.37. The molecule has 3 heteroatoms. The maximum absolute atomic E-state index is 11.8. The minimum absolute atomic E-state index is 0.249. The van der Waals surface area contributed by atoms with Crippen LogP contribution in [0, 0.1) is 5.92 Å². The third-order valence-corrected chi connectivity index (χ3v) is 3.27. The highest BCUT2D eigenvalue weighted by Gasteiger charge is 2.20. The van der Waals surface area contributed by atoms with Gasteiger partial charge in [0.1, 0.15) is 0 Å². The first-order valence-electron chi connectivity index (χ1n) is 5.98. The molecule has 1 unspecified atom stereocenters. The third kappa shape index (κ3) is 3.82. The standard InChI is InChI=1S/C12H24N2O/c1-10(2)13(4)12(15)9-14-7-5-6-11(3)8-14/h10-11H,5-9H2,1-4H3. The molecule has 1 amide bonds. The molecule has 0 radical (unpaired) electrons. The molecule has 88 valence electrons. The highest BCUT2D eigenvalue weighted by atomic mass is 16.2. The molecule has 1 aliphatic rings. The van der Waals surface area contributed by atoms with Crippen LogP contribution in [0.3, 0.4) is 0 Å². The lowest BCUT2D eigenvalue weighted by atomic mass is 10.0. The highest BCUT2D eigenvalue weighted by molar-refractivity contribution is 5.78. The SMILES string of the molecule is CC1CCCN(CC(=O)N(C)C(C)C)C1. The monoisotopic (exact) mass is 212 g/mol. The number of hydrogen-bond acceptors (Lipinski definition) is 2. The van der Waals surface area contributed by atoms with Crippen LogP contribution in [0.5, 0.6) is 0 Å². The van der Waals surface area contributed by atoms with Crippen LogP contribution in [0.25, 0.3) is 0 Å². The molecular formula is C12H24N2O. The zero-order valence-electron chi connectivity index (χ0n) is 10.5. The Bertz CT molecular complexity index is 216. The van der Waals surface area contributed by atoms with E-state index < -0.39 is 0 Å². The van der Waals surface area contributed by atoms with Crippen molar-refractivity contribution in [3.8, 4) is 0 Å². The molecule has 1 fully saturated rings. The van der Waals surface area contributed by atoms with E-state index in [4.69, 9.17) is 0 Å². The second-order valence-electron chi connectivity index (χ2n) is 5.08. The van der Waals surface area contributed by atoms with Gasteiger partial charge in [0.15, 0.2) is 0 Å². The van der Waals surface area contributed by atoms with E-state index in [0.29, 0.717) is 12.6 Å². The Morgan fingerprint density at radius 2 is 2.20 bits per heavy atom. The summed E-state index contributed by atoms with van der Waals surface area (Å²) in [7, 11) is 1.89. The van der Waals surface area contributed by atoms with Crippen molar-refractivity contribution in [2.24, 2.45) is 5.92 Å². The first-order chi connectivity index (χ1) is 7.00. The second-order valence-corrected chi connectivity index (χ2v) is 5.08. The molecule has 0 bridgehead atoms. The molecule has 0 aliphatic carbocycles. The van der Waals surface area contributed by atoms with Gasteiger partial charge in [-0.15, -0.1) is 0 Å². The molecule has 3 nitrogen and oxygen atoms in total. The smallest absolute Gasteiger partial charge is 0.236 e. The largest absolute Gasteiger partial charge is 0.342 e. The third-order valence-electron chi connectivity index (χ3n) is 3.27. The lowest BCUT2D eigenvalue weighted by molar-refractivity contribution is -0.133. The molecule has 1 atom stereocenters. The van der Waals surface area contributed by atoms with Crippen molar-refractivity contribution in [3.63, 3.8) is 0 Å². The molecule has 0 aromatic heterocycles. The summed E-state index contributed by atoms with van der Waals surface area (Å²) in [6, 6.07) is 0.305. The first kappa shape index (κ1) is 12.5. The lowest BCUT2D eigenvalue weighted by Gasteiger charge is -2.32. The molecule has 0 spiro atoms. The maximum Gasteiger partial charge on any atom is 0.236 e. The fraction of sp³-hybridized carbons (Fsp3) is 0.917. The van der Waals surface area contributed by atoms with Gasteiger partial charge in [-0.25, -0.2) is 0 Å². The molecule has 1 saturated heterocycles. The summed E-state index contributed by atoms with van der Waals surface area (Å²) in [5, 5.41) is 0. The minimum atomic E-state index is 0.249. The van der Waals surface area contributed by atoms with Gasteiger partial charge in [0.05, 0.1) is 6.54 Å². The van der Waals surface area contributed by atoms with E-state index in [1.54, 1.807) is 0 Å². The predicted octanol–water partition coefficient (Wildman–Crippen LogP) is 1.59. The Kier molecular flexibility index (Phi) is 4.58. The van der Waals surface area contributed by atoms with Gasteiger partial charge in [-0.1, -0.05) is 6.92 Å². The highest BCUT2D eigenvalue weighted by Crippen LogP contribution is 2.15. The average molecular weight is 212 g/mol. The van der Waals surface area contributed by atoms with E-state index in [1.807, 2.05) is 11.9 Å². The van der Waals surface area contributed by atoms with Gasteiger partial charge in [-0.2, -0.15) is 0 Å². The van der Waals surface area contributed by atoms with E-state index in [9.17, 15) is 4.79 Å². The Hall–Kier alpha value is -0.570. The number of nitrogens with zero attached hydrogens (tertiary/aromatic N) is 2. The zero-order valence-corrected chi connectivity index (χ0v) is 10.5. The predicted molar refractivity (Wildman–Crippen MR) is 62.7 cm³/mol. The second kappa shape index (κ2) is 5.50. The van der Waals surface area contributed by atoms with Gasteiger partial charge < -0.3 is 4.90 Å². The summed E-state index contributed by atoms with van der Waals surface area (Å²) >= 11 is 0. The quantitative estimate of drug-likeness (QED) is 0.709. The summed E-state index contributed by atoms with van der Waals surface area (Å²) in [5.74, 6) is 0.995. The van der Waals surface area contributed by atoms with Crippen molar-refractivity contribution in [2.45, 2.75) is 39.7 Å². The van der Waals surface area contributed by atoms with Crippen LogP contribution in [-0.4, -0.2) is 48.4 Å². The van der Waals surface area contributed by atoms with Crippen LogP contribution in [-0.2, 0) is 4.79 Å². The average Bonchev–Trinajstić information content (AvgIpc) is 2.16. The molecule has 1 rings (SSSR count). The molecule has 1 aliphatic heterocycles. The summed E-state index contributed by atoms with van der Waals surface area (Å²) < 4.78 is 0. The Morgan fingerprint density at radius 3 is 2.73 bits per heavy atom. The summed E-state index contributed by atoms with van der Waals surface area (Å²) in [4.78, 5) is 16.0. The topological polar surface area (TPSA) is 23.6 Å². The normalized spacial score (nSPS) is 23.1. The minimum Gasteiger partial charge on any atom is -0.342 e. The molecule has 0 saturated carbocycles. The molecule has 1 heterocycles. The lowest BCUT2D eigenvalue weighted by Crippen LogP contribution is -2.44. The number of likely N-dealkylation sites (tertiary alicyclic amines) is 1.